The van der Waals surface area contributed by atoms with Crippen molar-refractivity contribution in [1.29, 1.82) is 0 Å². The average Bonchev–Trinajstić information content (AvgIpc) is 3.23. The Balaban J connectivity index is 1.35. The second kappa shape index (κ2) is 7.11. The van der Waals surface area contributed by atoms with Crippen molar-refractivity contribution >= 4 is 28.5 Å². The Morgan fingerprint density at radius 1 is 1.42 bits per heavy atom. The van der Waals surface area contributed by atoms with E-state index >= 15 is 0 Å². The summed E-state index contributed by atoms with van der Waals surface area (Å²) in [5.41, 5.74) is 3.84. The molecule has 0 unspecified atom stereocenters. The summed E-state index contributed by atoms with van der Waals surface area (Å²) < 4.78 is 4.95. The van der Waals surface area contributed by atoms with E-state index in [4.69, 9.17) is 16.1 Å². The van der Waals surface area contributed by atoms with Gasteiger partial charge in [0, 0.05) is 42.9 Å². The van der Waals surface area contributed by atoms with Crippen LogP contribution in [0.15, 0.2) is 29.0 Å². The molecule has 7 heteroatoms. The molecule has 0 aliphatic carbocycles. The second-order valence-corrected chi connectivity index (χ2v) is 7.16. The lowest BCUT2D eigenvalue weighted by molar-refractivity contribution is -0.132. The Bertz CT molecular complexity index is 905. The first-order chi connectivity index (χ1) is 12.6. The van der Waals surface area contributed by atoms with Gasteiger partial charge in [0.15, 0.2) is 0 Å². The highest BCUT2D eigenvalue weighted by molar-refractivity contribution is 6.29. The van der Waals surface area contributed by atoms with E-state index in [9.17, 15) is 4.79 Å². The number of H-pyrrole nitrogens is 1. The first-order valence-corrected chi connectivity index (χ1v) is 9.31. The molecule has 6 nitrogen and oxygen atoms in total. The Morgan fingerprint density at radius 3 is 2.96 bits per heavy atom. The second-order valence-electron chi connectivity index (χ2n) is 6.82. The Labute approximate surface area is 156 Å². The van der Waals surface area contributed by atoms with Crippen LogP contribution in [0.3, 0.4) is 0 Å². The van der Waals surface area contributed by atoms with Gasteiger partial charge in [0.25, 0.3) is 0 Å². The van der Waals surface area contributed by atoms with Crippen LogP contribution in [0.2, 0.25) is 5.22 Å². The first kappa shape index (κ1) is 17.1. The standard InChI is InChI=1S/C19H21ClN4O2/c1-12-14(18(20)26-23-12)4-5-17(25)24-9-6-13(7-10-24)16-11-22-19-15(16)3-2-8-21-19/h2-3,8,11,13H,4-7,9-10H2,1H3,(H,21,22). The van der Waals surface area contributed by atoms with Crippen LogP contribution in [-0.2, 0) is 11.2 Å². The number of aromatic amines is 1. The van der Waals surface area contributed by atoms with Gasteiger partial charge in [0.1, 0.15) is 5.65 Å². The topological polar surface area (TPSA) is 75.0 Å². The fourth-order valence-corrected chi connectivity index (χ4v) is 4.05. The number of carbonyl (C=O) groups excluding carboxylic acids is 1. The van der Waals surface area contributed by atoms with Gasteiger partial charge in [-0.15, -0.1) is 0 Å². The molecule has 0 atom stereocenters. The van der Waals surface area contributed by atoms with Gasteiger partial charge >= 0.3 is 0 Å². The number of rotatable bonds is 4. The van der Waals surface area contributed by atoms with E-state index in [0.29, 0.717) is 24.0 Å². The summed E-state index contributed by atoms with van der Waals surface area (Å²) in [7, 11) is 0. The minimum absolute atomic E-state index is 0.167. The number of pyridine rings is 1. The summed E-state index contributed by atoms with van der Waals surface area (Å²) in [4.78, 5) is 22.1. The maximum atomic E-state index is 12.5. The number of piperidine rings is 1. The van der Waals surface area contributed by atoms with Crippen LogP contribution in [0.25, 0.3) is 11.0 Å². The van der Waals surface area contributed by atoms with Crippen LogP contribution < -0.4 is 0 Å². The molecule has 1 saturated heterocycles. The molecule has 1 amide bonds. The van der Waals surface area contributed by atoms with Crippen LogP contribution in [0.5, 0.6) is 0 Å². The quantitative estimate of drug-likeness (QED) is 0.754. The predicted molar refractivity (Wildman–Crippen MR) is 99.2 cm³/mol. The molecule has 3 aromatic heterocycles. The summed E-state index contributed by atoms with van der Waals surface area (Å²) in [6, 6.07) is 4.08. The number of aryl methyl sites for hydroxylation is 1. The Morgan fingerprint density at radius 2 is 2.23 bits per heavy atom. The van der Waals surface area contributed by atoms with E-state index in [1.54, 1.807) is 6.20 Å². The van der Waals surface area contributed by atoms with Crippen LogP contribution in [0, 0.1) is 6.92 Å². The number of nitrogens with one attached hydrogen (secondary N) is 1. The molecule has 0 spiro atoms. The number of fused-ring (bicyclic) bond motifs is 1. The van der Waals surface area contributed by atoms with Crippen molar-refractivity contribution in [3.05, 3.63) is 46.6 Å². The van der Waals surface area contributed by atoms with Gasteiger partial charge < -0.3 is 14.4 Å². The van der Waals surface area contributed by atoms with Gasteiger partial charge in [0.2, 0.25) is 11.1 Å². The highest BCUT2D eigenvalue weighted by atomic mass is 35.5. The summed E-state index contributed by atoms with van der Waals surface area (Å²) in [5.74, 6) is 0.632. The minimum atomic E-state index is 0.167. The van der Waals surface area contributed by atoms with Crippen LogP contribution in [-0.4, -0.2) is 39.0 Å². The summed E-state index contributed by atoms with van der Waals surface area (Å²) in [5, 5.41) is 5.31. The molecular formula is C19H21ClN4O2. The van der Waals surface area contributed by atoms with Crippen molar-refractivity contribution in [1.82, 2.24) is 20.0 Å². The van der Waals surface area contributed by atoms with E-state index < -0.39 is 0 Å². The van der Waals surface area contributed by atoms with Gasteiger partial charge in [-0.2, -0.15) is 0 Å². The smallest absolute Gasteiger partial charge is 0.229 e. The normalized spacial score (nSPS) is 15.7. The predicted octanol–water partition coefficient (Wildman–Crippen LogP) is 3.85. The molecule has 0 bridgehead atoms. The lowest BCUT2D eigenvalue weighted by atomic mass is 9.89. The summed E-state index contributed by atoms with van der Waals surface area (Å²) in [6.45, 7) is 3.41. The third kappa shape index (κ3) is 3.21. The zero-order valence-corrected chi connectivity index (χ0v) is 15.4. The minimum Gasteiger partial charge on any atom is -0.346 e. The van der Waals surface area contributed by atoms with Crippen LogP contribution >= 0.6 is 11.6 Å². The number of hydrogen-bond donors (Lipinski definition) is 1. The molecular weight excluding hydrogens is 352 g/mol. The zero-order chi connectivity index (χ0) is 18.1. The highest BCUT2D eigenvalue weighted by Gasteiger charge is 2.25. The maximum Gasteiger partial charge on any atom is 0.229 e. The number of amides is 1. The van der Waals surface area contributed by atoms with Crippen LogP contribution in [0.1, 0.15) is 42.0 Å². The van der Waals surface area contributed by atoms with Crippen molar-refractivity contribution in [2.75, 3.05) is 13.1 Å². The molecule has 0 radical (unpaired) electrons. The van der Waals surface area contributed by atoms with E-state index in [0.717, 1.165) is 42.8 Å². The van der Waals surface area contributed by atoms with Crippen molar-refractivity contribution in [2.45, 2.75) is 38.5 Å². The third-order valence-corrected chi connectivity index (χ3v) is 5.59. The molecule has 26 heavy (non-hydrogen) atoms. The van der Waals surface area contributed by atoms with Crippen molar-refractivity contribution in [3.63, 3.8) is 0 Å². The molecule has 4 rings (SSSR count). The molecule has 136 valence electrons. The molecule has 0 saturated carbocycles. The maximum absolute atomic E-state index is 12.5. The van der Waals surface area contributed by atoms with Crippen molar-refractivity contribution < 1.29 is 9.32 Å². The van der Waals surface area contributed by atoms with E-state index in [2.05, 4.69) is 27.4 Å². The first-order valence-electron chi connectivity index (χ1n) is 8.94. The lowest BCUT2D eigenvalue weighted by Gasteiger charge is -2.32. The van der Waals surface area contributed by atoms with Crippen molar-refractivity contribution in [3.8, 4) is 0 Å². The fourth-order valence-electron chi connectivity index (χ4n) is 3.78. The number of nitrogens with zero attached hydrogens (tertiary/aromatic N) is 3. The van der Waals surface area contributed by atoms with Gasteiger partial charge in [-0.25, -0.2) is 4.98 Å². The Kier molecular flexibility index (Phi) is 4.68. The molecule has 1 aliphatic heterocycles. The van der Waals surface area contributed by atoms with Gasteiger partial charge in [-0.3, -0.25) is 4.79 Å². The molecule has 1 aliphatic rings. The number of carbonyl (C=O) groups is 1. The monoisotopic (exact) mass is 372 g/mol. The number of aromatic nitrogens is 3. The van der Waals surface area contributed by atoms with Gasteiger partial charge in [0.05, 0.1) is 5.69 Å². The molecule has 1 fully saturated rings. The lowest BCUT2D eigenvalue weighted by Crippen LogP contribution is -2.38. The Hall–Kier alpha value is -2.34. The van der Waals surface area contributed by atoms with E-state index in [-0.39, 0.29) is 5.91 Å². The number of likely N-dealkylation sites (tertiary alicyclic amines) is 1. The highest BCUT2D eigenvalue weighted by Crippen LogP contribution is 2.32. The molecule has 0 aromatic carbocycles. The van der Waals surface area contributed by atoms with Crippen LogP contribution in [0.4, 0.5) is 0 Å². The zero-order valence-electron chi connectivity index (χ0n) is 14.7. The molecule has 4 heterocycles. The summed E-state index contributed by atoms with van der Waals surface area (Å²) >= 11 is 5.98. The third-order valence-electron chi connectivity index (χ3n) is 5.30. The largest absolute Gasteiger partial charge is 0.346 e. The van der Waals surface area contributed by atoms with Gasteiger partial charge in [-0.05, 0) is 61.4 Å². The number of halogens is 1. The molecule has 3 aromatic rings. The molecule has 1 N–H and O–H groups in total. The van der Waals surface area contributed by atoms with Crippen molar-refractivity contribution in [2.24, 2.45) is 0 Å². The average molecular weight is 373 g/mol. The number of hydrogen-bond acceptors (Lipinski definition) is 4. The SMILES string of the molecule is Cc1noc(Cl)c1CCC(=O)N1CCC(c2c[nH]c3ncccc23)CC1. The van der Waals surface area contributed by atoms with E-state index in [1.165, 1.54) is 10.9 Å². The summed E-state index contributed by atoms with van der Waals surface area (Å²) in [6.07, 6.45) is 6.82. The van der Waals surface area contributed by atoms with E-state index in [1.807, 2.05) is 17.9 Å². The fraction of sp³-hybridized carbons (Fsp3) is 0.421. The van der Waals surface area contributed by atoms with Gasteiger partial charge in [-0.1, -0.05) is 5.16 Å².